The van der Waals surface area contributed by atoms with E-state index >= 15 is 0 Å². The fraction of sp³-hybridized carbons (Fsp3) is 0.200. The predicted molar refractivity (Wildman–Crippen MR) is 68.2 cm³/mol. The SMILES string of the molecule is COc1ccc(-c2cccc(C(F)(F)F)c2)c(C)c1. The van der Waals surface area contributed by atoms with Crippen LogP contribution in [0, 0.1) is 6.92 Å². The maximum atomic E-state index is 12.7. The van der Waals surface area contributed by atoms with Gasteiger partial charge in [0.25, 0.3) is 0 Å². The first-order valence-electron chi connectivity index (χ1n) is 5.74. The first kappa shape index (κ1) is 13.5. The smallest absolute Gasteiger partial charge is 0.416 e. The van der Waals surface area contributed by atoms with E-state index in [-0.39, 0.29) is 0 Å². The van der Waals surface area contributed by atoms with Crippen molar-refractivity contribution in [2.24, 2.45) is 0 Å². The summed E-state index contributed by atoms with van der Waals surface area (Å²) in [6.07, 6.45) is -4.32. The van der Waals surface area contributed by atoms with Gasteiger partial charge in [-0.3, -0.25) is 0 Å². The number of aryl methyl sites for hydroxylation is 1. The highest BCUT2D eigenvalue weighted by molar-refractivity contribution is 5.68. The second-order valence-corrected chi connectivity index (χ2v) is 4.26. The third-order valence-corrected chi connectivity index (χ3v) is 2.93. The highest BCUT2D eigenvalue weighted by Gasteiger charge is 2.30. The quantitative estimate of drug-likeness (QED) is 0.766. The number of ether oxygens (including phenoxy) is 1. The van der Waals surface area contributed by atoms with Crippen molar-refractivity contribution in [3.8, 4) is 16.9 Å². The Hall–Kier alpha value is -1.97. The van der Waals surface area contributed by atoms with Gasteiger partial charge in [0.1, 0.15) is 5.75 Å². The Bertz CT molecular complexity index is 588. The van der Waals surface area contributed by atoms with Gasteiger partial charge in [-0.15, -0.1) is 0 Å². The Morgan fingerprint density at radius 3 is 2.32 bits per heavy atom. The molecule has 0 N–H and O–H groups in total. The molecule has 0 aliphatic rings. The van der Waals surface area contributed by atoms with Crippen molar-refractivity contribution in [2.75, 3.05) is 7.11 Å². The fourth-order valence-electron chi connectivity index (χ4n) is 1.95. The maximum absolute atomic E-state index is 12.7. The Kier molecular flexibility index (Phi) is 3.51. The Morgan fingerprint density at radius 2 is 1.74 bits per heavy atom. The van der Waals surface area contributed by atoms with E-state index < -0.39 is 11.7 Å². The van der Waals surface area contributed by atoms with Crippen molar-refractivity contribution in [2.45, 2.75) is 13.1 Å². The van der Waals surface area contributed by atoms with Crippen molar-refractivity contribution >= 4 is 0 Å². The van der Waals surface area contributed by atoms with Crippen LogP contribution in [0.5, 0.6) is 5.75 Å². The van der Waals surface area contributed by atoms with Gasteiger partial charge in [-0.05, 0) is 47.9 Å². The fourth-order valence-corrected chi connectivity index (χ4v) is 1.95. The number of benzene rings is 2. The summed E-state index contributed by atoms with van der Waals surface area (Å²) in [7, 11) is 1.55. The molecule has 0 atom stereocenters. The largest absolute Gasteiger partial charge is 0.497 e. The number of alkyl halides is 3. The second kappa shape index (κ2) is 4.96. The zero-order valence-electron chi connectivity index (χ0n) is 10.6. The van der Waals surface area contributed by atoms with Crippen LogP contribution in [0.1, 0.15) is 11.1 Å². The highest BCUT2D eigenvalue weighted by atomic mass is 19.4. The molecule has 0 radical (unpaired) electrons. The number of hydrogen-bond donors (Lipinski definition) is 0. The average Bonchev–Trinajstić information content (AvgIpc) is 2.37. The molecule has 0 aromatic heterocycles. The summed E-state index contributed by atoms with van der Waals surface area (Å²) in [6, 6.07) is 10.6. The molecule has 0 aliphatic heterocycles. The lowest BCUT2D eigenvalue weighted by Gasteiger charge is -2.11. The van der Waals surface area contributed by atoms with Crippen LogP contribution in [0.4, 0.5) is 13.2 Å². The normalized spacial score (nSPS) is 11.4. The lowest BCUT2D eigenvalue weighted by Crippen LogP contribution is -2.04. The van der Waals surface area contributed by atoms with Gasteiger partial charge >= 0.3 is 6.18 Å². The van der Waals surface area contributed by atoms with E-state index in [1.165, 1.54) is 6.07 Å². The van der Waals surface area contributed by atoms with E-state index in [1.54, 1.807) is 31.4 Å². The molecule has 2 aromatic carbocycles. The number of hydrogen-bond acceptors (Lipinski definition) is 1. The minimum atomic E-state index is -4.32. The van der Waals surface area contributed by atoms with Crippen molar-refractivity contribution < 1.29 is 17.9 Å². The molecule has 1 nitrogen and oxygen atoms in total. The lowest BCUT2D eigenvalue weighted by molar-refractivity contribution is -0.137. The molecule has 0 aliphatic carbocycles. The number of halogens is 3. The van der Waals surface area contributed by atoms with E-state index in [4.69, 9.17) is 4.74 Å². The van der Waals surface area contributed by atoms with Crippen LogP contribution in [-0.4, -0.2) is 7.11 Å². The molecular formula is C15H13F3O. The molecule has 0 fully saturated rings. The summed E-state index contributed by atoms with van der Waals surface area (Å²) >= 11 is 0. The molecule has 19 heavy (non-hydrogen) atoms. The summed E-state index contributed by atoms with van der Waals surface area (Å²) in [4.78, 5) is 0. The van der Waals surface area contributed by atoms with Crippen LogP contribution in [0.3, 0.4) is 0 Å². The van der Waals surface area contributed by atoms with Crippen LogP contribution in [0.25, 0.3) is 11.1 Å². The first-order chi connectivity index (χ1) is 8.91. The lowest BCUT2D eigenvalue weighted by atomic mass is 9.98. The Labute approximate surface area is 109 Å². The van der Waals surface area contributed by atoms with Gasteiger partial charge < -0.3 is 4.74 Å². The molecule has 100 valence electrons. The van der Waals surface area contributed by atoms with Crippen molar-refractivity contribution in [1.29, 1.82) is 0 Å². The van der Waals surface area contributed by atoms with Gasteiger partial charge in [0.2, 0.25) is 0 Å². The van der Waals surface area contributed by atoms with Gasteiger partial charge in [0, 0.05) is 0 Å². The summed E-state index contributed by atoms with van der Waals surface area (Å²) in [5, 5.41) is 0. The summed E-state index contributed by atoms with van der Waals surface area (Å²) < 4.78 is 43.1. The van der Waals surface area contributed by atoms with Crippen molar-refractivity contribution in [1.82, 2.24) is 0 Å². The highest BCUT2D eigenvalue weighted by Crippen LogP contribution is 2.33. The molecule has 4 heteroatoms. The number of rotatable bonds is 2. The zero-order chi connectivity index (χ0) is 14.0. The third kappa shape index (κ3) is 2.89. The van der Waals surface area contributed by atoms with Crippen LogP contribution in [0.15, 0.2) is 42.5 Å². The summed E-state index contributed by atoms with van der Waals surface area (Å²) in [5.74, 6) is 0.688. The Morgan fingerprint density at radius 1 is 1.00 bits per heavy atom. The van der Waals surface area contributed by atoms with Crippen LogP contribution >= 0.6 is 0 Å². The zero-order valence-corrected chi connectivity index (χ0v) is 10.6. The molecule has 2 rings (SSSR count). The molecule has 0 saturated carbocycles. The van der Waals surface area contributed by atoms with Crippen molar-refractivity contribution in [3.63, 3.8) is 0 Å². The molecule has 2 aromatic rings. The van der Waals surface area contributed by atoms with Crippen molar-refractivity contribution in [3.05, 3.63) is 53.6 Å². The van der Waals surface area contributed by atoms with E-state index in [1.807, 2.05) is 6.92 Å². The molecule has 0 unspecified atom stereocenters. The number of methoxy groups -OCH3 is 1. The maximum Gasteiger partial charge on any atom is 0.416 e. The van der Waals surface area contributed by atoms with Gasteiger partial charge in [0.15, 0.2) is 0 Å². The first-order valence-corrected chi connectivity index (χ1v) is 5.74. The van der Waals surface area contributed by atoms with Gasteiger partial charge in [0.05, 0.1) is 12.7 Å². The summed E-state index contributed by atoms with van der Waals surface area (Å²) in [6.45, 7) is 1.85. The Balaban J connectivity index is 2.48. The van der Waals surface area contributed by atoms with Crippen LogP contribution < -0.4 is 4.74 Å². The molecular weight excluding hydrogens is 253 g/mol. The van der Waals surface area contributed by atoms with E-state index in [9.17, 15) is 13.2 Å². The molecule has 0 amide bonds. The second-order valence-electron chi connectivity index (χ2n) is 4.26. The van der Waals surface area contributed by atoms with E-state index in [2.05, 4.69) is 0 Å². The third-order valence-electron chi connectivity index (χ3n) is 2.93. The van der Waals surface area contributed by atoms with Crippen LogP contribution in [0.2, 0.25) is 0 Å². The predicted octanol–water partition coefficient (Wildman–Crippen LogP) is 4.69. The van der Waals surface area contributed by atoms with Gasteiger partial charge in [-0.2, -0.15) is 13.2 Å². The summed E-state index contributed by atoms with van der Waals surface area (Å²) in [5.41, 5.74) is 1.56. The van der Waals surface area contributed by atoms with Crippen LogP contribution in [-0.2, 0) is 6.18 Å². The molecule has 0 bridgehead atoms. The van der Waals surface area contributed by atoms with Gasteiger partial charge in [-0.25, -0.2) is 0 Å². The minimum Gasteiger partial charge on any atom is -0.497 e. The monoisotopic (exact) mass is 266 g/mol. The minimum absolute atomic E-state index is 0.551. The molecule has 0 spiro atoms. The van der Waals surface area contributed by atoms with E-state index in [0.29, 0.717) is 11.3 Å². The van der Waals surface area contributed by atoms with E-state index in [0.717, 1.165) is 23.3 Å². The van der Waals surface area contributed by atoms with Gasteiger partial charge in [-0.1, -0.05) is 18.2 Å². The molecule has 0 heterocycles. The molecule has 0 saturated heterocycles. The standard InChI is InChI=1S/C15H13F3O/c1-10-8-13(19-2)6-7-14(10)11-4-3-5-12(9-11)15(16,17)18/h3-9H,1-2H3. The topological polar surface area (TPSA) is 9.23 Å². The average molecular weight is 266 g/mol.